The molecule has 0 unspecified atom stereocenters. The van der Waals surface area contributed by atoms with E-state index in [0.717, 1.165) is 5.56 Å². The fourth-order valence-corrected chi connectivity index (χ4v) is 0.969. The van der Waals surface area contributed by atoms with Crippen LogP contribution in [0.4, 0.5) is 0 Å². The smallest absolute Gasteiger partial charge is 0.358 e. The Morgan fingerprint density at radius 2 is 1.79 bits per heavy atom. The summed E-state index contributed by atoms with van der Waals surface area (Å²) >= 11 is 15.9. The minimum absolute atomic E-state index is 0.105. The van der Waals surface area contributed by atoms with Crippen molar-refractivity contribution in [2.24, 2.45) is 0 Å². The number of rotatable bonds is 2. The maximum absolute atomic E-state index is 11.0. The highest BCUT2D eigenvalue weighted by Crippen LogP contribution is 2.27. The van der Waals surface area contributed by atoms with Gasteiger partial charge in [0.15, 0.2) is 0 Å². The van der Waals surface area contributed by atoms with Crippen molar-refractivity contribution in [1.82, 2.24) is 0 Å². The van der Waals surface area contributed by atoms with Gasteiger partial charge in [-0.3, -0.25) is 0 Å². The van der Waals surface area contributed by atoms with Crippen molar-refractivity contribution in [3.63, 3.8) is 0 Å². The standard InChI is InChI=1S/C9H7Cl3O2/c10-9(11,12)8(13)14-6-7-4-2-1-3-5-7/h1-5H,6H2. The van der Waals surface area contributed by atoms with Gasteiger partial charge in [0.2, 0.25) is 0 Å². The van der Waals surface area contributed by atoms with Gasteiger partial charge in [-0.15, -0.1) is 0 Å². The van der Waals surface area contributed by atoms with Gasteiger partial charge in [-0.1, -0.05) is 65.1 Å². The first-order chi connectivity index (χ1) is 6.50. The third-order valence-electron chi connectivity index (χ3n) is 1.44. The molecule has 0 bridgehead atoms. The summed E-state index contributed by atoms with van der Waals surface area (Å²) < 4.78 is 2.75. The van der Waals surface area contributed by atoms with E-state index < -0.39 is 9.76 Å². The normalized spacial score (nSPS) is 11.1. The lowest BCUT2D eigenvalue weighted by Gasteiger charge is -2.10. The van der Waals surface area contributed by atoms with Gasteiger partial charge in [0.05, 0.1) is 0 Å². The van der Waals surface area contributed by atoms with E-state index >= 15 is 0 Å². The Bertz CT molecular complexity index is 306. The van der Waals surface area contributed by atoms with Crippen molar-refractivity contribution in [2.45, 2.75) is 10.4 Å². The Hall–Kier alpha value is -0.440. The summed E-state index contributed by atoms with van der Waals surface area (Å²) in [6, 6.07) is 9.15. The molecule has 0 heterocycles. The van der Waals surface area contributed by atoms with Crippen LogP contribution in [0.15, 0.2) is 30.3 Å². The van der Waals surface area contributed by atoms with Gasteiger partial charge in [-0.2, -0.15) is 0 Å². The first-order valence-corrected chi connectivity index (χ1v) is 4.91. The first kappa shape index (κ1) is 11.6. The zero-order chi connectivity index (χ0) is 10.6. The Morgan fingerprint density at radius 1 is 1.21 bits per heavy atom. The second-order valence-electron chi connectivity index (χ2n) is 2.56. The highest BCUT2D eigenvalue weighted by atomic mass is 35.6. The van der Waals surface area contributed by atoms with Crippen molar-refractivity contribution in [1.29, 1.82) is 0 Å². The van der Waals surface area contributed by atoms with Gasteiger partial charge in [0, 0.05) is 0 Å². The van der Waals surface area contributed by atoms with Gasteiger partial charge in [0.25, 0.3) is 3.79 Å². The van der Waals surface area contributed by atoms with E-state index in [1.165, 1.54) is 0 Å². The number of esters is 1. The van der Waals surface area contributed by atoms with Gasteiger partial charge < -0.3 is 4.74 Å². The maximum Gasteiger partial charge on any atom is 0.358 e. The molecule has 0 saturated heterocycles. The van der Waals surface area contributed by atoms with Crippen molar-refractivity contribution < 1.29 is 9.53 Å². The quantitative estimate of drug-likeness (QED) is 0.598. The average molecular weight is 254 g/mol. The summed E-state index contributed by atoms with van der Waals surface area (Å²) in [6.45, 7) is 0.105. The number of hydrogen-bond donors (Lipinski definition) is 0. The molecule has 0 aliphatic rings. The zero-order valence-corrected chi connectivity index (χ0v) is 9.31. The van der Waals surface area contributed by atoms with E-state index in [-0.39, 0.29) is 6.61 Å². The Kier molecular flexibility index (Phi) is 4.05. The summed E-state index contributed by atoms with van der Waals surface area (Å²) in [5.74, 6) is -0.869. The molecule has 0 aromatic heterocycles. The molecule has 0 N–H and O–H groups in total. The average Bonchev–Trinajstić information content (AvgIpc) is 2.14. The van der Waals surface area contributed by atoms with Crippen molar-refractivity contribution in [3.05, 3.63) is 35.9 Å². The second kappa shape index (κ2) is 4.87. The van der Waals surface area contributed by atoms with Crippen molar-refractivity contribution >= 4 is 40.8 Å². The summed E-state index contributed by atoms with van der Waals surface area (Å²) in [7, 11) is 0. The van der Waals surface area contributed by atoms with Gasteiger partial charge >= 0.3 is 5.97 Å². The van der Waals surface area contributed by atoms with Crippen LogP contribution in [0, 0.1) is 0 Å². The topological polar surface area (TPSA) is 26.3 Å². The predicted octanol–water partition coefficient (Wildman–Crippen LogP) is 3.10. The van der Waals surface area contributed by atoms with Crippen LogP contribution < -0.4 is 0 Å². The van der Waals surface area contributed by atoms with Crippen LogP contribution in [0.1, 0.15) is 5.56 Å². The molecule has 1 aromatic carbocycles. The number of carbonyl (C=O) groups excluding carboxylic acids is 1. The van der Waals surface area contributed by atoms with E-state index in [1.54, 1.807) is 0 Å². The van der Waals surface area contributed by atoms with E-state index in [0.29, 0.717) is 0 Å². The molecule has 0 aliphatic carbocycles. The van der Waals surface area contributed by atoms with Crippen molar-refractivity contribution in [3.8, 4) is 0 Å². The van der Waals surface area contributed by atoms with Crippen LogP contribution >= 0.6 is 34.8 Å². The molecule has 0 saturated carbocycles. The minimum atomic E-state index is -2.01. The monoisotopic (exact) mass is 252 g/mol. The lowest BCUT2D eigenvalue weighted by Crippen LogP contribution is -2.21. The molecule has 0 fully saturated rings. The van der Waals surface area contributed by atoms with Crippen molar-refractivity contribution in [2.75, 3.05) is 0 Å². The van der Waals surface area contributed by atoms with Gasteiger partial charge in [-0.25, -0.2) is 4.79 Å². The molecular formula is C9H7Cl3O2. The summed E-state index contributed by atoms with van der Waals surface area (Å²) in [4.78, 5) is 11.0. The molecule has 5 heteroatoms. The van der Waals surface area contributed by atoms with Crippen LogP contribution in [0.3, 0.4) is 0 Å². The van der Waals surface area contributed by atoms with Gasteiger partial charge in [-0.05, 0) is 5.56 Å². The molecule has 0 spiro atoms. The van der Waals surface area contributed by atoms with E-state index in [4.69, 9.17) is 39.5 Å². The van der Waals surface area contributed by atoms with E-state index in [1.807, 2.05) is 30.3 Å². The third kappa shape index (κ3) is 3.74. The lowest BCUT2D eigenvalue weighted by molar-refractivity contribution is -0.143. The maximum atomic E-state index is 11.0. The van der Waals surface area contributed by atoms with Crippen LogP contribution in [0.2, 0.25) is 0 Å². The van der Waals surface area contributed by atoms with Crippen LogP contribution in [0.25, 0.3) is 0 Å². The highest BCUT2D eigenvalue weighted by Gasteiger charge is 2.32. The van der Waals surface area contributed by atoms with E-state index in [2.05, 4.69) is 0 Å². The third-order valence-corrected chi connectivity index (χ3v) is 1.91. The van der Waals surface area contributed by atoms with Crippen LogP contribution in [0.5, 0.6) is 0 Å². The first-order valence-electron chi connectivity index (χ1n) is 3.78. The SMILES string of the molecule is O=C(OCc1ccccc1)C(Cl)(Cl)Cl. The molecule has 0 atom stereocenters. The number of hydrogen-bond acceptors (Lipinski definition) is 2. The van der Waals surface area contributed by atoms with Gasteiger partial charge in [0.1, 0.15) is 6.61 Å². The second-order valence-corrected chi connectivity index (χ2v) is 4.84. The molecule has 0 amide bonds. The lowest BCUT2D eigenvalue weighted by atomic mass is 10.2. The number of carbonyl (C=O) groups is 1. The summed E-state index contributed by atoms with van der Waals surface area (Å²) in [5, 5.41) is 0. The fraction of sp³-hybridized carbons (Fsp3) is 0.222. The largest absolute Gasteiger partial charge is 0.458 e. The Morgan fingerprint density at radius 3 is 2.29 bits per heavy atom. The Balaban J connectivity index is 2.46. The fourth-order valence-electron chi connectivity index (χ4n) is 0.805. The molecule has 1 rings (SSSR count). The number of benzene rings is 1. The summed E-state index contributed by atoms with van der Waals surface area (Å²) in [5.41, 5.74) is 0.843. The molecule has 0 aliphatic heterocycles. The molecule has 1 aromatic rings. The number of ether oxygens (including phenoxy) is 1. The zero-order valence-electron chi connectivity index (χ0n) is 7.04. The van der Waals surface area contributed by atoms with Crippen LogP contribution in [-0.4, -0.2) is 9.76 Å². The summed E-state index contributed by atoms with van der Waals surface area (Å²) in [6.07, 6.45) is 0. The predicted molar refractivity (Wildman–Crippen MR) is 56.5 cm³/mol. The molecule has 14 heavy (non-hydrogen) atoms. The minimum Gasteiger partial charge on any atom is -0.458 e. The highest BCUT2D eigenvalue weighted by molar-refractivity contribution is 6.75. The van der Waals surface area contributed by atoms with E-state index in [9.17, 15) is 4.79 Å². The Labute approximate surface area is 96.7 Å². The number of halogens is 3. The molecule has 0 radical (unpaired) electrons. The number of alkyl halides is 3. The molecule has 76 valence electrons. The molecular weight excluding hydrogens is 246 g/mol. The molecule has 2 nitrogen and oxygen atoms in total. The van der Waals surface area contributed by atoms with Crippen LogP contribution in [-0.2, 0) is 16.1 Å².